The molecule has 106 valence electrons. The number of hydrogen-bond acceptors (Lipinski definition) is 4. The van der Waals surface area contributed by atoms with Crippen LogP contribution < -0.4 is 5.32 Å². The van der Waals surface area contributed by atoms with Crippen LogP contribution in [0.15, 0.2) is 12.1 Å². The van der Waals surface area contributed by atoms with Crippen molar-refractivity contribution in [3.63, 3.8) is 0 Å². The maximum absolute atomic E-state index is 13.3. The number of halogens is 2. The van der Waals surface area contributed by atoms with E-state index in [-0.39, 0.29) is 5.69 Å². The highest BCUT2D eigenvalue weighted by Gasteiger charge is 2.21. The van der Waals surface area contributed by atoms with Crippen molar-refractivity contribution in [2.24, 2.45) is 0 Å². The number of likely N-dealkylation sites (N-methyl/N-ethyl adjacent to an activating group) is 1. The number of anilines is 1. The lowest BCUT2D eigenvalue weighted by Crippen LogP contribution is -2.31. The molecule has 0 aliphatic rings. The summed E-state index contributed by atoms with van der Waals surface area (Å²) in [5.74, 6) is -2.02. The first-order valence-electron chi connectivity index (χ1n) is 5.90. The second-order valence-electron chi connectivity index (χ2n) is 4.54. The normalized spacial score (nSPS) is 11.1. The fourth-order valence-corrected chi connectivity index (χ4v) is 1.51. The largest absolute Gasteiger partial charge is 0.378 e. The summed E-state index contributed by atoms with van der Waals surface area (Å²) in [6.45, 7) is 4.97. The zero-order chi connectivity index (χ0) is 14.6. The Bertz CT molecular complexity index is 467. The van der Waals surface area contributed by atoms with Gasteiger partial charge >= 0.3 is 5.69 Å². The molecule has 7 heteroatoms. The van der Waals surface area contributed by atoms with Crippen LogP contribution >= 0.6 is 0 Å². The lowest BCUT2D eigenvalue weighted by Gasteiger charge is -2.21. The first-order valence-corrected chi connectivity index (χ1v) is 5.90. The van der Waals surface area contributed by atoms with Gasteiger partial charge in [-0.25, -0.2) is 4.39 Å². The molecule has 0 bridgehead atoms. The van der Waals surface area contributed by atoms with E-state index in [1.165, 1.54) is 0 Å². The van der Waals surface area contributed by atoms with E-state index in [1.54, 1.807) is 0 Å². The van der Waals surface area contributed by atoms with Crippen LogP contribution in [0.4, 0.5) is 20.2 Å². The fraction of sp³-hybridized carbons (Fsp3) is 0.500. The molecular formula is C12H17F2N3O2. The third-order valence-corrected chi connectivity index (χ3v) is 2.87. The summed E-state index contributed by atoms with van der Waals surface area (Å²) in [6.07, 6.45) is 0. The van der Waals surface area contributed by atoms with E-state index < -0.39 is 22.2 Å². The predicted molar refractivity (Wildman–Crippen MR) is 69.3 cm³/mol. The number of nitro benzene ring substituents is 1. The van der Waals surface area contributed by atoms with Crippen molar-refractivity contribution in [2.75, 3.05) is 25.5 Å². The second-order valence-corrected chi connectivity index (χ2v) is 4.54. The minimum Gasteiger partial charge on any atom is -0.378 e. The Morgan fingerprint density at radius 1 is 1.42 bits per heavy atom. The van der Waals surface area contributed by atoms with E-state index in [4.69, 9.17) is 0 Å². The van der Waals surface area contributed by atoms with Crippen molar-refractivity contribution >= 4 is 11.4 Å². The lowest BCUT2D eigenvalue weighted by molar-refractivity contribution is -0.386. The first-order chi connectivity index (χ1) is 8.82. The van der Waals surface area contributed by atoms with Gasteiger partial charge in [-0.3, -0.25) is 10.1 Å². The molecule has 0 aliphatic heterocycles. The molecule has 1 aromatic carbocycles. The van der Waals surface area contributed by atoms with E-state index in [0.29, 0.717) is 25.2 Å². The number of benzene rings is 1. The van der Waals surface area contributed by atoms with Crippen LogP contribution in [0.1, 0.15) is 13.8 Å². The van der Waals surface area contributed by atoms with Crippen LogP contribution in [0.3, 0.4) is 0 Å². The maximum atomic E-state index is 13.3. The van der Waals surface area contributed by atoms with E-state index in [0.717, 1.165) is 6.07 Å². The molecule has 0 amide bonds. The molecule has 0 aliphatic carbocycles. The highest BCUT2D eigenvalue weighted by molar-refractivity contribution is 5.62. The zero-order valence-corrected chi connectivity index (χ0v) is 11.1. The molecular weight excluding hydrogens is 256 g/mol. The smallest absolute Gasteiger partial charge is 0.327 e. The molecule has 0 atom stereocenters. The zero-order valence-electron chi connectivity index (χ0n) is 11.1. The van der Waals surface area contributed by atoms with Crippen molar-refractivity contribution < 1.29 is 13.7 Å². The van der Waals surface area contributed by atoms with Crippen LogP contribution in [0, 0.1) is 21.7 Å². The number of rotatable bonds is 6. The summed E-state index contributed by atoms with van der Waals surface area (Å²) in [4.78, 5) is 11.9. The van der Waals surface area contributed by atoms with Crippen LogP contribution in [-0.4, -0.2) is 36.0 Å². The van der Waals surface area contributed by atoms with Gasteiger partial charge in [-0.2, -0.15) is 4.39 Å². The van der Waals surface area contributed by atoms with Gasteiger partial charge in [0.2, 0.25) is 5.82 Å². The molecule has 0 radical (unpaired) electrons. The van der Waals surface area contributed by atoms with Crippen LogP contribution in [0.5, 0.6) is 0 Å². The Morgan fingerprint density at radius 2 is 2.05 bits per heavy atom. The summed E-state index contributed by atoms with van der Waals surface area (Å²) in [7, 11) is 1.90. The van der Waals surface area contributed by atoms with E-state index >= 15 is 0 Å². The highest BCUT2D eigenvalue weighted by Crippen LogP contribution is 2.28. The predicted octanol–water partition coefficient (Wildman–Crippen LogP) is 2.63. The van der Waals surface area contributed by atoms with Crippen LogP contribution in [0.25, 0.3) is 0 Å². The van der Waals surface area contributed by atoms with Crippen molar-refractivity contribution in [2.45, 2.75) is 19.9 Å². The van der Waals surface area contributed by atoms with Gasteiger partial charge in [-0.1, -0.05) is 0 Å². The number of nitrogens with zero attached hydrogens (tertiary/aromatic N) is 2. The number of nitrogens with one attached hydrogen (secondary N) is 1. The molecule has 0 saturated heterocycles. The first kappa shape index (κ1) is 15.3. The van der Waals surface area contributed by atoms with Gasteiger partial charge in [0, 0.05) is 31.3 Å². The highest BCUT2D eigenvalue weighted by atomic mass is 19.1. The van der Waals surface area contributed by atoms with Gasteiger partial charge < -0.3 is 10.2 Å². The minimum atomic E-state index is -1.18. The summed E-state index contributed by atoms with van der Waals surface area (Å²) < 4.78 is 26.4. The Hall–Kier alpha value is -1.76. The molecule has 1 N–H and O–H groups in total. The van der Waals surface area contributed by atoms with Crippen molar-refractivity contribution in [1.29, 1.82) is 0 Å². The van der Waals surface area contributed by atoms with Gasteiger partial charge in [0.25, 0.3) is 0 Å². The minimum absolute atomic E-state index is 0.139. The maximum Gasteiger partial charge on any atom is 0.327 e. The van der Waals surface area contributed by atoms with E-state index in [9.17, 15) is 18.9 Å². The molecule has 0 saturated carbocycles. The number of hydrogen-bond donors (Lipinski definition) is 1. The average Bonchev–Trinajstić information content (AvgIpc) is 2.26. The van der Waals surface area contributed by atoms with Crippen LogP contribution in [-0.2, 0) is 0 Å². The van der Waals surface area contributed by atoms with Gasteiger partial charge in [0.15, 0.2) is 0 Å². The molecule has 19 heavy (non-hydrogen) atoms. The van der Waals surface area contributed by atoms with Gasteiger partial charge in [0.1, 0.15) is 11.5 Å². The Balaban J connectivity index is 2.80. The third kappa shape index (κ3) is 4.13. The summed E-state index contributed by atoms with van der Waals surface area (Å²) >= 11 is 0. The molecule has 0 spiro atoms. The summed E-state index contributed by atoms with van der Waals surface area (Å²) in [6, 6.07) is 1.75. The summed E-state index contributed by atoms with van der Waals surface area (Å²) in [5.41, 5.74) is -0.867. The molecule has 1 rings (SSSR count). The quantitative estimate of drug-likeness (QED) is 0.639. The van der Waals surface area contributed by atoms with Crippen molar-refractivity contribution in [1.82, 2.24) is 4.90 Å². The summed E-state index contributed by atoms with van der Waals surface area (Å²) in [5, 5.41) is 13.5. The topological polar surface area (TPSA) is 58.4 Å². The molecule has 0 aromatic heterocycles. The Morgan fingerprint density at radius 3 is 2.58 bits per heavy atom. The molecule has 1 aromatic rings. The third-order valence-electron chi connectivity index (χ3n) is 2.87. The Labute approximate surface area is 110 Å². The number of nitro groups is 1. The molecule has 5 nitrogen and oxygen atoms in total. The molecule has 0 unspecified atom stereocenters. The second kappa shape index (κ2) is 6.42. The van der Waals surface area contributed by atoms with Crippen molar-refractivity contribution in [3.05, 3.63) is 33.9 Å². The molecule has 0 heterocycles. The SMILES string of the molecule is CC(C)N(C)CCNc1cc(F)cc(F)c1[N+](=O)[O-]. The average molecular weight is 273 g/mol. The van der Waals surface area contributed by atoms with Gasteiger partial charge in [-0.15, -0.1) is 0 Å². The van der Waals surface area contributed by atoms with E-state index in [2.05, 4.69) is 5.32 Å². The van der Waals surface area contributed by atoms with Crippen molar-refractivity contribution in [3.8, 4) is 0 Å². The standard InChI is InChI=1S/C12H17F2N3O2/c1-8(2)16(3)5-4-15-11-7-9(13)6-10(14)12(11)17(18)19/h6-8,15H,4-5H2,1-3H3. The van der Waals surface area contributed by atoms with Gasteiger partial charge in [-0.05, 0) is 20.9 Å². The lowest BCUT2D eigenvalue weighted by atomic mass is 10.2. The van der Waals surface area contributed by atoms with Crippen LogP contribution in [0.2, 0.25) is 0 Å². The monoisotopic (exact) mass is 273 g/mol. The van der Waals surface area contributed by atoms with Gasteiger partial charge in [0.05, 0.1) is 4.92 Å². The Kier molecular flexibility index (Phi) is 5.17. The van der Waals surface area contributed by atoms with E-state index in [1.807, 2.05) is 25.8 Å². The fourth-order valence-electron chi connectivity index (χ4n) is 1.51. The molecule has 0 fully saturated rings.